The summed E-state index contributed by atoms with van der Waals surface area (Å²) in [4.78, 5) is 37.4. The average Bonchev–Trinajstić information content (AvgIpc) is 2.94. The number of nitrogens with two attached hydrogens (primary N) is 1. The monoisotopic (exact) mass is 317 g/mol. The molecule has 2 rings (SSSR count). The maximum absolute atomic E-state index is 11.3. The quantitative estimate of drug-likeness (QED) is 0.240. The number of unbranched alkanes of at least 4 members (excludes halogenated alkanes) is 1. The van der Waals surface area contributed by atoms with Crippen LogP contribution in [0.4, 0.5) is 9.59 Å². The summed E-state index contributed by atoms with van der Waals surface area (Å²) in [6.45, 7) is 0. The number of primary amides is 1. The summed E-state index contributed by atoms with van der Waals surface area (Å²) in [6, 6.07) is -0.507. The van der Waals surface area contributed by atoms with Crippen LogP contribution in [-0.4, -0.2) is 41.1 Å². The molecule has 9 nitrogen and oxygen atoms in total. The van der Waals surface area contributed by atoms with E-state index in [0.717, 1.165) is 18.6 Å². The molecule has 0 unspecified atom stereocenters. The van der Waals surface area contributed by atoms with Gasteiger partial charge in [0.1, 0.15) is 0 Å². The molecule has 118 valence electrons. The van der Waals surface area contributed by atoms with Crippen LogP contribution < -0.4 is 27.4 Å². The van der Waals surface area contributed by atoms with E-state index < -0.39 is 12.0 Å². The number of hydrazine groups is 1. The van der Waals surface area contributed by atoms with E-state index in [2.05, 4.69) is 15.5 Å². The smallest absolute Gasteiger partial charge is 0.329 e. The Morgan fingerprint density at radius 3 is 2.95 bits per heavy atom. The Morgan fingerprint density at radius 1 is 1.38 bits per heavy atom. The molecule has 21 heavy (non-hydrogen) atoms. The molecule has 0 radical (unpaired) electrons. The topological polar surface area (TPSA) is 135 Å². The molecule has 0 saturated carbocycles. The van der Waals surface area contributed by atoms with Crippen molar-refractivity contribution in [2.45, 2.75) is 43.0 Å². The van der Waals surface area contributed by atoms with Crippen LogP contribution in [0.25, 0.3) is 0 Å². The lowest BCUT2D eigenvalue weighted by Gasteiger charge is -2.16. The summed E-state index contributed by atoms with van der Waals surface area (Å²) in [5.41, 5.74) is 8.69. The van der Waals surface area contributed by atoms with Crippen molar-refractivity contribution in [2.75, 3.05) is 5.75 Å². The summed E-state index contributed by atoms with van der Waals surface area (Å²) in [6.07, 6.45) is 2.75. The third-order valence-corrected chi connectivity index (χ3v) is 4.91. The maximum Gasteiger partial charge on any atom is 0.329 e. The van der Waals surface area contributed by atoms with Gasteiger partial charge in [0.05, 0.1) is 12.1 Å². The predicted octanol–water partition coefficient (Wildman–Crippen LogP) is -0.657. The average molecular weight is 317 g/mol. The Bertz CT molecular complexity index is 421. The van der Waals surface area contributed by atoms with Gasteiger partial charge in [0, 0.05) is 17.4 Å². The summed E-state index contributed by atoms with van der Waals surface area (Å²) in [7, 11) is 0. The van der Waals surface area contributed by atoms with E-state index in [1.807, 2.05) is 22.8 Å². The lowest BCUT2D eigenvalue weighted by molar-refractivity contribution is -0.152. The lowest BCUT2D eigenvalue weighted by atomic mass is 10.0. The number of hydrogen-bond acceptors (Lipinski definition) is 6. The van der Waals surface area contributed by atoms with Crippen LogP contribution in [0.2, 0.25) is 0 Å². The van der Waals surface area contributed by atoms with Crippen molar-refractivity contribution < 1.29 is 19.2 Å². The first-order valence-corrected chi connectivity index (χ1v) is 7.80. The van der Waals surface area contributed by atoms with Gasteiger partial charge in [-0.15, -0.1) is 0 Å². The Morgan fingerprint density at radius 2 is 2.19 bits per heavy atom. The summed E-state index contributed by atoms with van der Waals surface area (Å²) >= 11 is 1.85. The number of carbonyl (C=O) groups is 3. The molecule has 3 atom stereocenters. The largest absolute Gasteiger partial charge is 0.351 e. The van der Waals surface area contributed by atoms with Gasteiger partial charge in [-0.1, -0.05) is 12.0 Å². The second-order valence-corrected chi connectivity index (χ2v) is 6.21. The van der Waals surface area contributed by atoms with Crippen molar-refractivity contribution in [3.05, 3.63) is 0 Å². The first-order chi connectivity index (χ1) is 10.1. The highest BCUT2D eigenvalue weighted by atomic mass is 32.2. The van der Waals surface area contributed by atoms with Crippen LogP contribution in [0, 0.1) is 0 Å². The van der Waals surface area contributed by atoms with Crippen molar-refractivity contribution in [2.24, 2.45) is 5.73 Å². The van der Waals surface area contributed by atoms with Gasteiger partial charge in [0.25, 0.3) is 0 Å². The minimum Gasteiger partial charge on any atom is -0.351 e. The van der Waals surface area contributed by atoms with Crippen molar-refractivity contribution in [3.63, 3.8) is 0 Å². The van der Waals surface area contributed by atoms with Gasteiger partial charge < -0.3 is 21.2 Å². The van der Waals surface area contributed by atoms with Gasteiger partial charge in [0.15, 0.2) is 0 Å². The van der Waals surface area contributed by atoms with Gasteiger partial charge in [-0.05, 0) is 12.8 Å². The number of rotatable bonds is 7. The number of hydrogen-bond donors (Lipinski definition) is 5. The molecule has 10 heteroatoms. The second-order valence-electron chi connectivity index (χ2n) is 4.93. The van der Waals surface area contributed by atoms with Crippen LogP contribution in [-0.2, 0) is 9.63 Å². The van der Waals surface area contributed by atoms with Gasteiger partial charge in [-0.2, -0.15) is 11.8 Å². The molecule has 2 aliphatic heterocycles. The van der Waals surface area contributed by atoms with Gasteiger partial charge in [-0.25, -0.2) is 15.0 Å². The molecular weight excluding hydrogens is 298 g/mol. The molecule has 2 fully saturated rings. The van der Waals surface area contributed by atoms with Crippen molar-refractivity contribution >= 4 is 29.8 Å². The molecular formula is C11H19N5O4S. The van der Waals surface area contributed by atoms with E-state index in [1.54, 1.807) is 0 Å². The normalized spacial score (nSPS) is 26.7. The minimum atomic E-state index is -0.831. The van der Waals surface area contributed by atoms with E-state index in [1.165, 1.54) is 0 Å². The molecule has 0 bridgehead atoms. The summed E-state index contributed by atoms with van der Waals surface area (Å²) in [5.74, 6) is 0.468. The molecule has 0 aromatic carbocycles. The van der Waals surface area contributed by atoms with Crippen LogP contribution >= 0.6 is 11.8 Å². The highest BCUT2D eigenvalue weighted by molar-refractivity contribution is 8.00. The number of thioether (sulfide) groups is 1. The Balaban J connectivity index is 1.55. The molecule has 2 aliphatic rings. The molecule has 6 N–H and O–H groups in total. The molecule has 0 aromatic rings. The SMILES string of the molecule is NC(=O)NNOC(=O)CCCC[C@H]1SC[C@H]2NC(=O)N[C@H]21. The minimum absolute atomic E-state index is 0.0908. The Hall–Kier alpha value is -1.68. The van der Waals surface area contributed by atoms with E-state index in [0.29, 0.717) is 11.7 Å². The summed E-state index contributed by atoms with van der Waals surface area (Å²) < 4.78 is 0. The predicted molar refractivity (Wildman–Crippen MR) is 75.9 cm³/mol. The Kier molecular flexibility index (Phi) is 5.51. The molecule has 0 spiro atoms. The number of fused-ring (bicyclic) bond motifs is 1. The van der Waals surface area contributed by atoms with Crippen LogP contribution in [0.1, 0.15) is 25.7 Å². The van der Waals surface area contributed by atoms with Crippen LogP contribution in [0.3, 0.4) is 0 Å². The molecule has 4 amide bonds. The van der Waals surface area contributed by atoms with Crippen LogP contribution in [0.15, 0.2) is 0 Å². The number of nitrogens with one attached hydrogen (secondary N) is 4. The van der Waals surface area contributed by atoms with Crippen LogP contribution in [0.5, 0.6) is 0 Å². The Labute approximate surface area is 126 Å². The highest BCUT2D eigenvalue weighted by Crippen LogP contribution is 2.33. The molecule has 0 aliphatic carbocycles. The van der Waals surface area contributed by atoms with E-state index in [-0.39, 0.29) is 24.5 Å². The number of carbonyl (C=O) groups excluding carboxylic acids is 3. The van der Waals surface area contributed by atoms with E-state index in [4.69, 9.17) is 5.73 Å². The second kappa shape index (κ2) is 7.36. The van der Waals surface area contributed by atoms with E-state index in [9.17, 15) is 14.4 Å². The van der Waals surface area contributed by atoms with Gasteiger partial charge in [-0.3, -0.25) is 4.79 Å². The lowest BCUT2D eigenvalue weighted by Crippen LogP contribution is -2.42. The fraction of sp³-hybridized carbons (Fsp3) is 0.727. The van der Waals surface area contributed by atoms with Crippen molar-refractivity contribution in [3.8, 4) is 0 Å². The fourth-order valence-electron chi connectivity index (χ4n) is 2.44. The summed E-state index contributed by atoms with van der Waals surface area (Å²) in [5, 5.41) is 6.21. The van der Waals surface area contributed by atoms with Gasteiger partial charge >= 0.3 is 18.0 Å². The maximum atomic E-state index is 11.3. The fourth-order valence-corrected chi connectivity index (χ4v) is 3.99. The standard InChI is InChI=1S/C11H19N5O4S/c12-10(18)15-16-20-8(17)4-2-1-3-7-9-6(5-21-7)13-11(19)14-9/h6-7,9,16H,1-5H2,(H3,12,15,18)(H2,13,14,19)/t6-,7-,9-/m1/s1. The number of amides is 4. The van der Waals surface area contributed by atoms with E-state index >= 15 is 0 Å². The van der Waals surface area contributed by atoms with Crippen molar-refractivity contribution in [1.29, 1.82) is 0 Å². The first kappa shape index (κ1) is 15.7. The molecule has 2 saturated heterocycles. The number of urea groups is 2. The zero-order valence-corrected chi connectivity index (χ0v) is 12.2. The zero-order chi connectivity index (χ0) is 15.2. The first-order valence-electron chi connectivity index (χ1n) is 6.75. The molecule has 2 heterocycles. The van der Waals surface area contributed by atoms with Gasteiger partial charge in [0.2, 0.25) is 0 Å². The van der Waals surface area contributed by atoms with Crippen molar-refractivity contribution in [1.82, 2.24) is 21.6 Å². The third kappa shape index (κ3) is 4.67. The highest BCUT2D eigenvalue weighted by Gasteiger charge is 2.42. The third-order valence-electron chi connectivity index (χ3n) is 3.40. The zero-order valence-electron chi connectivity index (χ0n) is 11.4. The molecule has 0 aromatic heterocycles.